The highest BCUT2D eigenvalue weighted by molar-refractivity contribution is 9.10. The Morgan fingerprint density at radius 3 is 2.30 bits per heavy atom. The molecule has 0 saturated heterocycles. The zero-order valence-electron chi connectivity index (χ0n) is 15.9. The van der Waals surface area contributed by atoms with Crippen LogP contribution < -0.4 is 0 Å². The molecule has 2 nitrogen and oxygen atoms in total. The van der Waals surface area contributed by atoms with Crippen LogP contribution in [0.1, 0.15) is 75.7 Å². The lowest BCUT2D eigenvalue weighted by Gasteiger charge is -2.37. The highest BCUT2D eigenvalue weighted by atomic mass is 79.9. The summed E-state index contributed by atoms with van der Waals surface area (Å²) >= 11 is 3.24. The number of aliphatic carboxylic acids is 1. The van der Waals surface area contributed by atoms with Gasteiger partial charge in [0.15, 0.2) is 0 Å². The summed E-state index contributed by atoms with van der Waals surface area (Å²) in [7, 11) is 0. The van der Waals surface area contributed by atoms with Crippen LogP contribution in [0.15, 0.2) is 34.8 Å². The average molecular weight is 437 g/mol. The minimum absolute atomic E-state index is 0.149. The first kappa shape index (κ1) is 20.6. The second-order valence-corrected chi connectivity index (χ2v) is 9.18. The lowest BCUT2D eigenvalue weighted by molar-refractivity contribution is -0.136. The molecule has 27 heavy (non-hydrogen) atoms. The van der Waals surface area contributed by atoms with Crippen molar-refractivity contribution in [3.63, 3.8) is 0 Å². The first-order chi connectivity index (χ1) is 13.0. The van der Waals surface area contributed by atoms with Crippen molar-refractivity contribution in [2.24, 2.45) is 17.8 Å². The van der Waals surface area contributed by atoms with Crippen molar-refractivity contribution in [1.29, 1.82) is 0 Å². The molecule has 0 unspecified atom stereocenters. The summed E-state index contributed by atoms with van der Waals surface area (Å²) in [6, 6.07) is 5.61. The third-order valence-corrected chi connectivity index (χ3v) is 7.25. The standard InChI is InChI=1S/C23H30BrFO2/c24-21-14-13-20(15-22(21)25)19-11-9-18(10-12-19)17-7-5-16(6-8-17)3-1-2-4-23(26)27/h1,3,13-19H,2,4-12H2,(H,26,27). The van der Waals surface area contributed by atoms with Gasteiger partial charge in [0, 0.05) is 6.42 Å². The minimum atomic E-state index is -0.718. The molecule has 2 aliphatic rings. The number of carbonyl (C=O) groups is 1. The Morgan fingerprint density at radius 1 is 1.07 bits per heavy atom. The molecular weight excluding hydrogens is 407 g/mol. The van der Waals surface area contributed by atoms with Gasteiger partial charge in [-0.05, 0) is 115 Å². The number of halogens is 2. The molecule has 0 aliphatic heterocycles. The van der Waals surface area contributed by atoms with Gasteiger partial charge in [-0.2, -0.15) is 0 Å². The first-order valence-electron chi connectivity index (χ1n) is 10.4. The number of carboxylic acid groups (broad SMARTS) is 1. The number of hydrogen-bond donors (Lipinski definition) is 1. The van der Waals surface area contributed by atoms with Crippen molar-refractivity contribution in [1.82, 2.24) is 0 Å². The van der Waals surface area contributed by atoms with E-state index in [-0.39, 0.29) is 12.2 Å². The van der Waals surface area contributed by atoms with Crippen LogP contribution in [0.2, 0.25) is 0 Å². The highest BCUT2D eigenvalue weighted by Gasteiger charge is 2.30. The largest absolute Gasteiger partial charge is 0.481 e. The summed E-state index contributed by atoms with van der Waals surface area (Å²) < 4.78 is 14.4. The normalized spacial score (nSPS) is 29.1. The van der Waals surface area contributed by atoms with E-state index < -0.39 is 5.97 Å². The lowest BCUT2D eigenvalue weighted by atomic mass is 9.68. The molecular formula is C23H30BrFO2. The van der Waals surface area contributed by atoms with Gasteiger partial charge in [0.05, 0.1) is 4.47 Å². The van der Waals surface area contributed by atoms with E-state index in [1.807, 2.05) is 6.07 Å². The molecule has 0 atom stereocenters. The molecule has 3 rings (SSSR count). The molecule has 2 saturated carbocycles. The summed E-state index contributed by atoms with van der Waals surface area (Å²) in [6.07, 6.45) is 15.2. The Balaban J connectivity index is 1.41. The average Bonchev–Trinajstić information content (AvgIpc) is 2.68. The van der Waals surface area contributed by atoms with E-state index in [0.29, 0.717) is 22.7 Å². The van der Waals surface area contributed by atoms with Crippen LogP contribution in [0.25, 0.3) is 0 Å². The third kappa shape index (κ3) is 5.91. The smallest absolute Gasteiger partial charge is 0.303 e. The van der Waals surface area contributed by atoms with Crippen molar-refractivity contribution in [2.45, 2.75) is 70.1 Å². The van der Waals surface area contributed by atoms with E-state index in [1.165, 1.54) is 51.4 Å². The topological polar surface area (TPSA) is 37.3 Å². The Kier molecular flexibility index (Phi) is 7.51. The molecule has 0 bridgehead atoms. The quantitative estimate of drug-likeness (QED) is 0.483. The van der Waals surface area contributed by atoms with Gasteiger partial charge >= 0.3 is 5.97 Å². The molecule has 4 heteroatoms. The van der Waals surface area contributed by atoms with Crippen molar-refractivity contribution >= 4 is 21.9 Å². The summed E-state index contributed by atoms with van der Waals surface area (Å²) in [6.45, 7) is 0. The van der Waals surface area contributed by atoms with Crippen molar-refractivity contribution < 1.29 is 14.3 Å². The Hall–Kier alpha value is -1.16. The SMILES string of the molecule is O=C(O)CCC=CC1CCC(C2CCC(c3ccc(Br)c(F)c3)CC2)CC1. The second-order valence-electron chi connectivity index (χ2n) is 8.32. The van der Waals surface area contributed by atoms with Crippen LogP contribution in [0.5, 0.6) is 0 Å². The van der Waals surface area contributed by atoms with E-state index in [4.69, 9.17) is 5.11 Å². The predicted octanol–water partition coefficient (Wildman–Crippen LogP) is 7.09. The van der Waals surface area contributed by atoms with Crippen LogP contribution in [-0.2, 0) is 4.79 Å². The molecule has 0 heterocycles. The molecule has 148 valence electrons. The zero-order valence-corrected chi connectivity index (χ0v) is 17.5. The van der Waals surface area contributed by atoms with Crippen molar-refractivity contribution in [3.8, 4) is 0 Å². The van der Waals surface area contributed by atoms with Crippen molar-refractivity contribution in [3.05, 3.63) is 46.2 Å². The summed E-state index contributed by atoms with van der Waals surface area (Å²) in [5.74, 6) is 1.96. The van der Waals surface area contributed by atoms with Crippen LogP contribution in [0.4, 0.5) is 4.39 Å². The van der Waals surface area contributed by atoms with Crippen LogP contribution >= 0.6 is 15.9 Å². The molecule has 0 amide bonds. The molecule has 2 fully saturated rings. The van der Waals surface area contributed by atoms with Crippen LogP contribution in [0.3, 0.4) is 0 Å². The van der Waals surface area contributed by atoms with Gasteiger partial charge in [-0.25, -0.2) is 4.39 Å². The maximum Gasteiger partial charge on any atom is 0.303 e. The number of benzene rings is 1. The molecule has 0 aromatic heterocycles. The maximum absolute atomic E-state index is 13.8. The van der Waals surface area contributed by atoms with E-state index in [9.17, 15) is 9.18 Å². The zero-order chi connectivity index (χ0) is 19.2. The maximum atomic E-state index is 13.8. The Labute approximate surface area is 170 Å². The molecule has 0 spiro atoms. The van der Waals surface area contributed by atoms with E-state index in [0.717, 1.165) is 17.4 Å². The van der Waals surface area contributed by atoms with Gasteiger partial charge in [0.1, 0.15) is 5.82 Å². The monoisotopic (exact) mass is 436 g/mol. The predicted molar refractivity (Wildman–Crippen MR) is 110 cm³/mol. The van der Waals surface area contributed by atoms with E-state index >= 15 is 0 Å². The fraction of sp³-hybridized carbons (Fsp3) is 0.609. The number of rotatable bonds is 6. The van der Waals surface area contributed by atoms with Crippen LogP contribution in [0, 0.1) is 23.6 Å². The van der Waals surface area contributed by atoms with Gasteiger partial charge in [0.2, 0.25) is 0 Å². The van der Waals surface area contributed by atoms with Gasteiger partial charge in [0.25, 0.3) is 0 Å². The number of allylic oxidation sites excluding steroid dienone is 2. The van der Waals surface area contributed by atoms with Gasteiger partial charge in [-0.1, -0.05) is 18.2 Å². The number of hydrogen-bond acceptors (Lipinski definition) is 1. The molecule has 1 aromatic rings. The third-order valence-electron chi connectivity index (χ3n) is 6.60. The Bertz CT molecular complexity index is 656. The summed E-state index contributed by atoms with van der Waals surface area (Å²) in [5, 5.41) is 8.69. The van der Waals surface area contributed by atoms with Gasteiger partial charge in [-0.3, -0.25) is 4.79 Å². The fourth-order valence-electron chi connectivity index (χ4n) is 4.99. The molecule has 2 aliphatic carbocycles. The first-order valence-corrected chi connectivity index (χ1v) is 11.2. The fourth-order valence-corrected chi connectivity index (χ4v) is 5.24. The molecule has 1 aromatic carbocycles. The minimum Gasteiger partial charge on any atom is -0.481 e. The van der Waals surface area contributed by atoms with Crippen LogP contribution in [-0.4, -0.2) is 11.1 Å². The summed E-state index contributed by atoms with van der Waals surface area (Å²) in [4.78, 5) is 10.6. The van der Waals surface area contributed by atoms with E-state index in [1.54, 1.807) is 6.07 Å². The second kappa shape index (κ2) is 9.86. The number of carboxylic acids is 1. The van der Waals surface area contributed by atoms with Gasteiger partial charge < -0.3 is 5.11 Å². The Morgan fingerprint density at radius 2 is 1.70 bits per heavy atom. The van der Waals surface area contributed by atoms with E-state index in [2.05, 4.69) is 34.1 Å². The molecule has 1 N–H and O–H groups in total. The van der Waals surface area contributed by atoms with Gasteiger partial charge in [-0.15, -0.1) is 0 Å². The highest BCUT2D eigenvalue weighted by Crippen LogP contribution is 2.44. The molecule has 0 radical (unpaired) electrons. The summed E-state index contributed by atoms with van der Waals surface area (Å²) in [5.41, 5.74) is 1.16. The van der Waals surface area contributed by atoms with Crippen molar-refractivity contribution in [2.75, 3.05) is 0 Å². The lowest BCUT2D eigenvalue weighted by Crippen LogP contribution is -2.25.